The molecule has 4 rings (SSSR count). The Labute approximate surface area is 189 Å². The molecule has 2 saturated heterocycles. The lowest BCUT2D eigenvalue weighted by Crippen LogP contribution is -2.43. The van der Waals surface area contributed by atoms with Gasteiger partial charge in [-0.3, -0.25) is 9.59 Å². The second kappa shape index (κ2) is 9.76. The molecule has 2 amide bonds. The molecule has 0 aliphatic carbocycles. The lowest BCUT2D eigenvalue weighted by atomic mass is 9.78. The third-order valence-electron chi connectivity index (χ3n) is 6.88. The zero-order valence-corrected chi connectivity index (χ0v) is 19.2. The Bertz CT molecular complexity index is 918. The van der Waals surface area contributed by atoms with Gasteiger partial charge in [-0.15, -0.1) is 0 Å². The molecule has 0 N–H and O–H groups in total. The predicted molar refractivity (Wildman–Crippen MR) is 120 cm³/mol. The van der Waals surface area contributed by atoms with Crippen molar-refractivity contribution < 1.29 is 18.7 Å². The van der Waals surface area contributed by atoms with Crippen molar-refractivity contribution in [1.29, 1.82) is 0 Å². The fraction of sp³-hybridized carbons (Fsp3) is 0.560. The number of carbonyl (C=O) groups excluding carboxylic acids is 2. The number of rotatable bonds is 6. The zero-order valence-electron chi connectivity index (χ0n) is 19.2. The highest BCUT2D eigenvalue weighted by Gasteiger charge is 2.42. The number of benzene rings is 1. The van der Waals surface area contributed by atoms with E-state index in [-0.39, 0.29) is 23.7 Å². The van der Waals surface area contributed by atoms with Crippen molar-refractivity contribution in [2.75, 3.05) is 32.8 Å². The van der Waals surface area contributed by atoms with Gasteiger partial charge in [0.2, 0.25) is 11.7 Å². The lowest BCUT2D eigenvalue weighted by molar-refractivity contribution is -0.136. The molecule has 7 nitrogen and oxygen atoms in total. The summed E-state index contributed by atoms with van der Waals surface area (Å²) in [5.41, 5.74) is 0.621. The van der Waals surface area contributed by atoms with Gasteiger partial charge in [0.15, 0.2) is 6.39 Å². The van der Waals surface area contributed by atoms with Crippen LogP contribution in [0.3, 0.4) is 0 Å². The zero-order chi connectivity index (χ0) is 22.7. The third kappa shape index (κ3) is 4.81. The van der Waals surface area contributed by atoms with Gasteiger partial charge < -0.3 is 19.0 Å². The lowest BCUT2D eigenvalue weighted by Gasteiger charge is -2.37. The molecule has 2 aliphatic heterocycles. The summed E-state index contributed by atoms with van der Waals surface area (Å²) in [6, 6.07) is 9.82. The molecule has 0 unspecified atom stereocenters. The number of hydrogen-bond acceptors (Lipinski definition) is 5. The van der Waals surface area contributed by atoms with Crippen LogP contribution in [0.25, 0.3) is 0 Å². The molecule has 0 bridgehead atoms. The summed E-state index contributed by atoms with van der Waals surface area (Å²) in [4.78, 5) is 33.4. The number of amides is 2. The van der Waals surface area contributed by atoms with E-state index in [1.54, 1.807) is 6.92 Å². The van der Waals surface area contributed by atoms with E-state index >= 15 is 0 Å². The third-order valence-corrected chi connectivity index (χ3v) is 6.88. The van der Waals surface area contributed by atoms with Gasteiger partial charge in [0, 0.05) is 38.0 Å². The minimum atomic E-state index is -0.0976. The minimum absolute atomic E-state index is 0.0308. The van der Waals surface area contributed by atoms with Crippen LogP contribution >= 0.6 is 0 Å². The number of para-hydroxylation sites is 1. The van der Waals surface area contributed by atoms with Crippen LogP contribution < -0.4 is 4.74 Å². The number of hydrogen-bond donors (Lipinski definition) is 0. The Hall–Kier alpha value is -2.83. The number of carbonyl (C=O) groups is 2. The first-order valence-electron chi connectivity index (χ1n) is 11.6. The van der Waals surface area contributed by atoms with E-state index in [0.717, 1.165) is 31.7 Å². The molecular weight excluding hydrogens is 406 g/mol. The SMILES string of the molecule is Cc1ncoc1C(=O)N1C[C@@H](COc2ccccc2)[C@H](C2CCN(C(=O)C(C)C)CC2)C1. The van der Waals surface area contributed by atoms with Crippen molar-refractivity contribution in [3.05, 3.63) is 48.2 Å². The summed E-state index contributed by atoms with van der Waals surface area (Å²) in [5, 5.41) is 0. The van der Waals surface area contributed by atoms with E-state index in [9.17, 15) is 9.59 Å². The molecular formula is C25H33N3O4. The highest BCUT2D eigenvalue weighted by Crippen LogP contribution is 2.37. The molecule has 0 spiro atoms. The highest BCUT2D eigenvalue weighted by atomic mass is 16.5. The fourth-order valence-electron chi connectivity index (χ4n) is 5.06. The van der Waals surface area contributed by atoms with Gasteiger partial charge in [-0.2, -0.15) is 0 Å². The van der Waals surface area contributed by atoms with Gasteiger partial charge in [-0.25, -0.2) is 4.98 Å². The molecule has 2 aromatic rings. The topological polar surface area (TPSA) is 75.9 Å². The maximum absolute atomic E-state index is 13.1. The molecule has 1 aromatic heterocycles. The van der Waals surface area contributed by atoms with Crippen molar-refractivity contribution in [3.8, 4) is 5.75 Å². The van der Waals surface area contributed by atoms with Crippen LogP contribution in [0.2, 0.25) is 0 Å². The average Bonchev–Trinajstić information content (AvgIpc) is 3.44. The van der Waals surface area contributed by atoms with E-state index in [0.29, 0.717) is 43.0 Å². The van der Waals surface area contributed by atoms with Crippen LogP contribution in [-0.4, -0.2) is 59.4 Å². The fourth-order valence-corrected chi connectivity index (χ4v) is 5.06. The summed E-state index contributed by atoms with van der Waals surface area (Å²) in [7, 11) is 0. The van der Waals surface area contributed by atoms with Gasteiger partial charge in [0.05, 0.1) is 12.3 Å². The second-order valence-corrected chi connectivity index (χ2v) is 9.34. The van der Waals surface area contributed by atoms with E-state index < -0.39 is 0 Å². The van der Waals surface area contributed by atoms with Gasteiger partial charge in [-0.05, 0) is 43.7 Å². The monoisotopic (exact) mass is 439 g/mol. The molecule has 172 valence electrons. The first kappa shape index (κ1) is 22.4. The van der Waals surface area contributed by atoms with Gasteiger partial charge >= 0.3 is 0 Å². The quantitative estimate of drug-likeness (QED) is 0.687. The Morgan fingerprint density at radius 1 is 1.12 bits per heavy atom. The van der Waals surface area contributed by atoms with E-state index in [1.807, 2.05) is 54.0 Å². The predicted octanol–water partition coefficient (Wildman–Crippen LogP) is 3.64. The number of likely N-dealkylation sites (tertiary alicyclic amines) is 2. The average molecular weight is 440 g/mol. The first-order valence-corrected chi connectivity index (χ1v) is 11.6. The molecule has 0 radical (unpaired) electrons. The summed E-state index contributed by atoms with van der Waals surface area (Å²) in [6.07, 6.45) is 3.26. The summed E-state index contributed by atoms with van der Waals surface area (Å²) in [5.74, 6) is 2.37. The molecule has 2 atom stereocenters. The molecule has 7 heteroatoms. The maximum atomic E-state index is 13.1. The summed E-state index contributed by atoms with van der Waals surface area (Å²) >= 11 is 0. The normalized spacial score (nSPS) is 21.9. The van der Waals surface area contributed by atoms with Crippen LogP contribution in [0, 0.1) is 30.6 Å². The van der Waals surface area contributed by atoms with E-state index in [4.69, 9.17) is 9.15 Å². The first-order chi connectivity index (χ1) is 15.4. The van der Waals surface area contributed by atoms with Crippen LogP contribution in [-0.2, 0) is 4.79 Å². The Kier molecular flexibility index (Phi) is 6.82. The summed E-state index contributed by atoms with van der Waals surface area (Å²) < 4.78 is 11.5. The van der Waals surface area contributed by atoms with Crippen LogP contribution in [0.1, 0.15) is 42.9 Å². The molecule has 32 heavy (non-hydrogen) atoms. The van der Waals surface area contributed by atoms with Crippen LogP contribution in [0.15, 0.2) is 41.1 Å². The number of nitrogens with zero attached hydrogens (tertiary/aromatic N) is 3. The number of aryl methyl sites for hydroxylation is 1. The number of ether oxygens (including phenoxy) is 1. The number of oxazole rings is 1. The largest absolute Gasteiger partial charge is 0.493 e. The molecule has 0 saturated carbocycles. The highest BCUT2D eigenvalue weighted by molar-refractivity contribution is 5.92. The van der Waals surface area contributed by atoms with Crippen molar-refractivity contribution in [3.63, 3.8) is 0 Å². The van der Waals surface area contributed by atoms with E-state index in [2.05, 4.69) is 4.98 Å². The van der Waals surface area contributed by atoms with Crippen molar-refractivity contribution in [2.24, 2.45) is 23.7 Å². The molecule has 1 aromatic carbocycles. The van der Waals surface area contributed by atoms with Gasteiger partial charge in [-0.1, -0.05) is 32.0 Å². The number of piperidine rings is 1. The standard InChI is InChI=1S/C25H33N3O4/c1-17(2)24(29)27-11-9-19(10-12-27)22-14-28(25(30)23-18(3)26-16-32-23)13-20(22)15-31-21-7-5-4-6-8-21/h4-8,16-17,19-20,22H,9-15H2,1-3H3/t20-,22-/m0/s1. The van der Waals surface area contributed by atoms with Gasteiger partial charge in [0.25, 0.3) is 5.91 Å². The minimum Gasteiger partial charge on any atom is -0.493 e. The molecule has 2 aliphatic rings. The Balaban J connectivity index is 1.45. The second-order valence-electron chi connectivity index (χ2n) is 9.34. The van der Waals surface area contributed by atoms with Crippen molar-refractivity contribution >= 4 is 11.8 Å². The molecule has 2 fully saturated rings. The van der Waals surface area contributed by atoms with Crippen LogP contribution in [0.4, 0.5) is 0 Å². The van der Waals surface area contributed by atoms with E-state index in [1.165, 1.54) is 6.39 Å². The Morgan fingerprint density at radius 2 is 1.84 bits per heavy atom. The smallest absolute Gasteiger partial charge is 0.291 e. The van der Waals surface area contributed by atoms with Gasteiger partial charge in [0.1, 0.15) is 5.75 Å². The van der Waals surface area contributed by atoms with Crippen molar-refractivity contribution in [1.82, 2.24) is 14.8 Å². The summed E-state index contributed by atoms with van der Waals surface area (Å²) in [6.45, 7) is 9.18. The van der Waals surface area contributed by atoms with Crippen LogP contribution in [0.5, 0.6) is 5.75 Å². The van der Waals surface area contributed by atoms with Crippen molar-refractivity contribution in [2.45, 2.75) is 33.6 Å². The Morgan fingerprint density at radius 3 is 2.47 bits per heavy atom. The molecule has 3 heterocycles. The maximum Gasteiger partial charge on any atom is 0.291 e. The number of aromatic nitrogens is 1.